The molecular weight excluding hydrogens is 365 g/mol. The lowest BCUT2D eigenvalue weighted by Gasteiger charge is -2.14. The number of hydrogen-bond acceptors (Lipinski definition) is 7. The third kappa shape index (κ3) is 4.91. The van der Waals surface area contributed by atoms with Gasteiger partial charge in [-0.25, -0.2) is 14.8 Å². The van der Waals surface area contributed by atoms with Gasteiger partial charge in [-0.15, -0.1) is 0 Å². The summed E-state index contributed by atoms with van der Waals surface area (Å²) in [6, 6.07) is 9.13. The zero-order chi connectivity index (χ0) is 19.3. The number of benzene rings is 1. The first-order chi connectivity index (χ1) is 12.9. The number of carbonyl (C=O) groups excluding carboxylic acids is 1. The molecule has 0 aliphatic carbocycles. The van der Waals surface area contributed by atoms with Gasteiger partial charge in [-0.05, 0) is 24.3 Å². The van der Waals surface area contributed by atoms with Crippen LogP contribution in [-0.2, 0) is 4.79 Å². The molecule has 0 saturated heterocycles. The molecule has 0 amide bonds. The molecule has 10 heteroatoms. The van der Waals surface area contributed by atoms with Crippen LogP contribution in [-0.4, -0.2) is 27.1 Å². The number of pyridine rings is 1. The Balaban J connectivity index is 1.90. The fourth-order valence-corrected chi connectivity index (χ4v) is 1.94. The van der Waals surface area contributed by atoms with E-state index in [4.69, 9.17) is 4.74 Å². The van der Waals surface area contributed by atoms with Crippen molar-refractivity contribution >= 4 is 17.5 Å². The maximum atomic E-state index is 12.6. The molecule has 0 unspecified atom stereocenters. The number of alkyl halides is 3. The third-order valence-corrected chi connectivity index (χ3v) is 3.07. The van der Waals surface area contributed by atoms with E-state index in [2.05, 4.69) is 25.0 Å². The Morgan fingerprint density at radius 3 is 2.52 bits per heavy atom. The molecule has 7 nitrogen and oxygen atoms in total. The molecule has 0 bridgehead atoms. The maximum absolute atomic E-state index is 12.6. The van der Waals surface area contributed by atoms with Crippen LogP contribution >= 0.6 is 0 Å². The Morgan fingerprint density at radius 1 is 1.00 bits per heavy atom. The summed E-state index contributed by atoms with van der Waals surface area (Å²) in [5, 5.41) is 2.88. The second-order valence-corrected chi connectivity index (χ2v) is 5.03. The molecule has 0 atom stereocenters. The zero-order valence-electron chi connectivity index (χ0n) is 13.5. The van der Waals surface area contributed by atoms with Crippen molar-refractivity contribution in [3.63, 3.8) is 0 Å². The summed E-state index contributed by atoms with van der Waals surface area (Å²) in [6.07, 6.45) is 0.382. The summed E-state index contributed by atoms with van der Waals surface area (Å²) in [6.45, 7) is 0. The SMILES string of the molecule is O=C(Oc1cc(Nc2ccccn2)ccc1Oc1cnccn1)C(F)(F)F. The average Bonchev–Trinajstić information content (AvgIpc) is 2.65. The van der Waals surface area contributed by atoms with Crippen LogP contribution in [0.5, 0.6) is 17.4 Å². The number of nitrogens with zero attached hydrogens (tertiary/aromatic N) is 3. The molecule has 2 heterocycles. The van der Waals surface area contributed by atoms with Gasteiger partial charge in [0.05, 0.1) is 6.20 Å². The van der Waals surface area contributed by atoms with Gasteiger partial charge >= 0.3 is 12.1 Å². The van der Waals surface area contributed by atoms with Crippen LogP contribution in [0.2, 0.25) is 0 Å². The van der Waals surface area contributed by atoms with Gasteiger partial charge in [0.15, 0.2) is 11.5 Å². The highest BCUT2D eigenvalue weighted by Gasteiger charge is 2.42. The number of esters is 1. The van der Waals surface area contributed by atoms with Crippen LogP contribution in [0.15, 0.2) is 61.2 Å². The summed E-state index contributed by atoms with van der Waals surface area (Å²) in [4.78, 5) is 22.9. The van der Waals surface area contributed by atoms with E-state index in [0.717, 1.165) is 0 Å². The number of carbonyl (C=O) groups is 1. The number of halogens is 3. The fraction of sp³-hybridized carbons (Fsp3) is 0.0588. The standard InChI is InChI=1S/C17H11F3N4O3/c18-17(19,20)16(25)27-13-9-11(24-14-3-1-2-6-22-14)4-5-12(13)26-15-10-21-7-8-23-15/h1-10H,(H,22,24). The van der Waals surface area contributed by atoms with Gasteiger partial charge in [0.2, 0.25) is 5.88 Å². The Labute approximate surface area is 150 Å². The van der Waals surface area contributed by atoms with Crippen LogP contribution in [0.1, 0.15) is 0 Å². The van der Waals surface area contributed by atoms with Crippen LogP contribution in [0.3, 0.4) is 0 Å². The molecule has 0 aliphatic heterocycles. The predicted octanol–water partition coefficient (Wildman–Crippen LogP) is 3.88. The second-order valence-electron chi connectivity index (χ2n) is 5.03. The van der Waals surface area contributed by atoms with E-state index in [1.807, 2.05) is 0 Å². The minimum Gasteiger partial charge on any atom is -0.434 e. The lowest BCUT2D eigenvalue weighted by molar-refractivity contribution is -0.189. The summed E-state index contributed by atoms with van der Waals surface area (Å²) in [5.41, 5.74) is 0.338. The van der Waals surface area contributed by atoms with Crippen LogP contribution in [0.25, 0.3) is 0 Å². The van der Waals surface area contributed by atoms with E-state index in [0.29, 0.717) is 11.5 Å². The molecule has 3 rings (SSSR count). The van der Waals surface area contributed by atoms with Gasteiger partial charge in [-0.2, -0.15) is 13.2 Å². The number of ether oxygens (including phenoxy) is 2. The molecule has 0 fully saturated rings. The van der Waals surface area contributed by atoms with E-state index in [9.17, 15) is 18.0 Å². The topological polar surface area (TPSA) is 86.2 Å². The van der Waals surface area contributed by atoms with Gasteiger partial charge in [0.25, 0.3) is 0 Å². The van der Waals surface area contributed by atoms with Crippen LogP contribution in [0.4, 0.5) is 24.7 Å². The highest BCUT2D eigenvalue weighted by atomic mass is 19.4. The van der Waals surface area contributed by atoms with E-state index in [-0.39, 0.29) is 11.6 Å². The van der Waals surface area contributed by atoms with Crippen molar-refractivity contribution in [1.29, 1.82) is 0 Å². The number of nitrogens with one attached hydrogen (secondary N) is 1. The quantitative estimate of drug-likeness (QED) is 0.534. The summed E-state index contributed by atoms with van der Waals surface area (Å²) >= 11 is 0. The fourth-order valence-electron chi connectivity index (χ4n) is 1.94. The van der Waals surface area contributed by atoms with Crippen LogP contribution in [0, 0.1) is 0 Å². The lowest BCUT2D eigenvalue weighted by atomic mass is 10.2. The molecule has 138 valence electrons. The summed E-state index contributed by atoms with van der Waals surface area (Å²) in [7, 11) is 0. The molecule has 27 heavy (non-hydrogen) atoms. The maximum Gasteiger partial charge on any atom is 0.491 e. The molecule has 0 saturated carbocycles. The molecule has 1 N–H and O–H groups in total. The first-order valence-corrected chi connectivity index (χ1v) is 7.47. The number of aromatic nitrogens is 3. The Bertz CT molecular complexity index is 922. The Morgan fingerprint density at radius 2 is 1.85 bits per heavy atom. The monoisotopic (exact) mass is 376 g/mol. The van der Waals surface area contributed by atoms with E-state index >= 15 is 0 Å². The molecule has 1 aromatic carbocycles. The molecule has 3 aromatic rings. The van der Waals surface area contributed by atoms with Crippen molar-refractivity contribution in [1.82, 2.24) is 15.0 Å². The van der Waals surface area contributed by atoms with Crippen molar-refractivity contribution in [2.24, 2.45) is 0 Å². The number of anilines is 2. The lowest BCUT2D eigenvalue weighted by Crippen LogP contribution is -2.28. The zero-order valence-corrected chi connectivity index (χ0v) is 13.5. The third-order valence-electron chi connectivity index (χ3n) is 3.07. The van der Waals surface area contributed by atoms with Gasteiger partial charge in [-0.1, -0.05) is 6.07 Å². The first-order valence-electron chi connectivity index (χ1n) is 7.47. The average molecular weight is 376 g/mol. The Hall–Kier alpha value is -3.69. The second kappa shape index (κ2) is 7.68. The Kier molecular flexibility index (Phi) is 5.15. The summed E-state index contributed by atoms with van der Waals surface area (Å²) < 4.78 is 47.6. The van der Waals surface area contributed by atoms with Gasteiger partial charge in [-0.3, -0.25) is 4.98 Å². The number of rotatable bonds is 5. The predicted molar refractivity (Wildman–Crippen MR) is 87.8 cm³/mol. The highest BCUT2D eigenvalue weighted by molar-refractivity contribution is 5.79. The van der Waals surface area contributed by atoms with Crippen molar-refractivity contribution in [3.05, 3.63) is 61.2 Å². The van der Waals surface area contributed by atoms with Crippen LogP contribution < -0.4 is 14.8 Å². The molecular formula is C17H11F3N4O3. The molecule has 2 aromatic heterocycles. The van der Waals surface area contributed by atoms with Crippen molar-refractivity contribution in [2.45, 2.75) is 6.18 Å². The summed E-state index contributed by atoms with van der Waals surface area (Å²) in [5.74, 6) is -2.48. The molecule has 0 radical (unpaired) electrons. The normalized spacial score (nSPS) is 10.9. The van der Waals surface area contributed by atoms with E-state index in [1.54, 1.807) is 24.4 Å². The minimum absolute atomic E-state index is 0.0206. The minimum atomic E-state index is -5.16. The van der Waals surface area contributed by atoms with Crippen molar-refractivity contribution in [3.8, 4) is 17.4 Å². The largest absolute Gasteiger partial charge is 0.491 e. The smallest absolute Gasteiger partial charge is 0.434 e. The van der Waals surface area contributed by atoms with E-state index in [1.165, 1.54) is 36.8 Å². The van der Waals surface area contributed by atoms with E-state index < -0.39 is 17.9 Å². The van der Waals surface area contributed by atoms with Gasteiger partial charge in [0, 0.05) is 30.3 Å². The van der Waals surface area contributed by atoms with Gasteiger partial charge < -0.3 is 14.8 Å². The van der Waals surface area contributed by atoms with Crippen molar-refractivity contribution < 1.29 is 27.4 Å². The molecule has 0 spiro atoms. The highest BCUT2D eigenvalue weighted by Crippen LogP contribution is 2.35. The first kappa shape index (κ1) is 18.1. The molecule has 0 aliphatic rings. The number of hydrogen-bond donors (Lipinski definition) is 1. The van der Waals surface area contributed by atoms with Crippen molar-refractivity contribution in [2.75, 3.05) is 5.32 Å². The van der Waals surface area contributed by atoms with Gasteiger partial charge in [0.1, 0.15) is 5.82 Å².